The fourth-order valence-electron chi connectivity index (χ4n) is 2.00. The summed E-state index contributed by atoms with van der Waals surface area (Å²) >= 11 is 3.53. The lowest BCUT2D eigenvalue weighted by molar-refractivity contribution is -0.129. The Bertz CT molecular complexity index is 490. The van der Waals surface area contributed by atoms with Gasteiger partial charge in [0.2, 0.25) is 0 Å². The summed E-state index contributed by atoms with van der Waals surface area (Å²) in [5.74, 6) is -0.976. The van der Waals surface area contributed by atoms with Crippen molar-refractivity contribution in [1.82, 2.24) is 9.78 Å². The zero-order chi connectivity index (χ0) is 11.3. The predicted molar refractivity (Wildman–Crippen MR) is 61.2 cm³/mol. The van der Waals surface area contributed by atoms with Crippen molar-refractivity contribution in [3.8, 4) is 0 Å². The second-order valence-electron chi connectivity index (χ2n) is 4.08. The molecule has 1 fully saturated rings. The standard InChI is InChI=1S/C10H10BrN3O2/c11-7-4-12-8(10(15)16)6-3-13-14(9(6)7)5-1-2-5/h3,5,7H,1-2,4H2,(H,15,16). The normalized spacial score (nSPS) is 23.8. The first-order chi connectivity index (χ1) is 7.68. The molecule has 3 rings (SSSR count). The molecule has 0 spiro atoms. The highest BCUT2D eigenvalue weighted by atomic mass is 79.9. The topological polar surface area (TPSA) is 67.5 Å². The SMILES string of the molecule is O=C(O)C1=NCC(Br)c2c1cnn2C1CC1. The van der Waals surface area contributed by atoms with E-state index in [2.05, 4.69) is 26.0 Å². The van der Waals surface area contributed by atoms with Crippen LogP contribution in [0.15, 0.2) is 11.2 Å². The van der Waals surface area contributed by atoms with Crippen molar-refractivity contribution in [1.29, 1.82) is 0 Å². The van der Waals surface area contributed by atoms with Crippen LogP contribution in [0.1, 0.15) is 35.0 Å². The van der Waals surface area contributed by atoms with Crippen LogP contribution in [0, 0.1) is 0 Å². The van der Waals surface area contributed by atoms with E-state index in [4.69, 9.17) is 5.11 Å². The zero-order valence-corrected chi connectivity index (χ0v) is 10.0. The first kappa shape index (κ1) is 10.0. The maximum Gasteiger partial charge on any atom is 0.354 e. The van der Waals surface area contributed by atoms with Gasteiger partial charge in [0.05, 0.1) is 29.3 Å². The molecule has 5 nitrogen and oxygen atoms in total. The van der Waals surface area contributed by atoms with Gasteiger partial charge in [-0.1, -0.05) is 15.9 Å². The third kappa shape index (κ3) is 1.40. The maximum atomic E-state index is 11.0. The van der Waals surface area contributed by atoms with Gasteiger partial charge in [0.25, 0.3) is 0 Å². The molecule has 2 aliphatic rings. The van der Waals surface area contributed by atoms with Gasteiger partial charge in [-0.15, -0.1) is 0 Å². The second-order valence-corrected chi connectivity index (χ2v) is 5.19. The van der Waals surface area contributed by atoms with E-state index in [1.165, 1.54) is 0 Å². The molecule has 16 heavy (non-hydrogen) atoms. The van der Waals surface area contributed by atoms with E-state index in [-0.39, 0.29) is 10.5 Å². The maximum absolute atomic E-state index is 11.0. The number of hydrogen-bond donors (Lipinski definition) is 1. The summed E-state index contributed by atoms with van der Waals surface area (Å²) in [5.41, 5.74) is 1.76. The molecule has 1 aromatic rings. The summed E-state index contributed by atoms with van der Waals surface area (Å²) in [7, 11) is 0. The van der Waals surface area contributed by atoms with Gasteiger partial charge in [-0.3, -0.25) is 9.67 Å². The molecule has 0 aromatic carbocycles. The third-order valence-electron chi connectivity index (χ3n) is 2.89. The highest BCUT2D eigenvalue weighted by molar-refractivity contribution is 9.09. The van der Waals surface area contributed by atoms with Gasteiger partial charge in [-0.2, -0.15) is 5.10 Å². The van der Waals surface area contributed by atoms with E-state index >= 15 is 0 Å². The van der Waals surface area contributed by atoms with Crippen LogP contribution in [0.25, 0.3) is 0 Å². The van der Waals surface area contributed by atoms with Crippen LogP contribution in [0.3, 0.4) is 0 Å². The number of carboxylic acids is 1. The van der Waals surface area contributed by atoms with Crippen LogP contribution in [0.4, 0.5) is 0 Å². The smallest absolute Gasteiger partial charge is 0.354 e. The Hall–Kier alpha value is -1.17. The van der Waals surface area contributed by atoms with Crippen molar-refractivity contribution in [2.24, 2.45) is 4.99 Å². The predicted octanol–water partition coefficient (Wildman–Crippen LogP) is 1.54. The molecule has 1 unspecified atom stereocenters. The van der Waals surface area contributed by atoms with Crippen LogP contribution >= 0.6 is 15.9 Å². The fourth-order valence-corrected chi connectivity index (χ4v) is 2.60. The fraction of sp³-hybridized carbons (Fsp3) is 0.500. The molecule has 2 heterocycles. The van der Waals surface area contributed by atoms with E-state index in [0.29, 0.717) is 18.2 Å². The molecule has 1 aliphatic heterocycles. The average Bonchev–Trinajstić information content (AvgIpc) is 2.98. The van der Waals surface area contributed by atoms with E-state index in [1.807, 2.05) is 4.68 Å². The molecule has 0 radical (unpaired) electrons. The van der Waals surface area contributed by atoms with Crippen molar-refractivity contribution in [2.45, 2.75) is 23.7 Å². The number of rotatable bonds is 2. The van der Waals surface area contributed by atoms with Gasteiger partial charge in [-0.05, 0) is 12.8 Å². The summed E-state index contributed by atoms with van der Waals surface area (Å²) in [5, 5.41) is 13.3. The molecule has 1 aromatic heterocycles. The van der Waals surface area contributed by atoms with Gasteiger partial charge in [-0.25, -0.2) is 4.79 Å². The van der Waals surface area contributed by atoms with Crippen LogP contribution in [0.2, 0.25) is 0 Å². The molecular formula is C10H10BrN3O2. The van der Waals surface area contributed by atoms with Crippen molar-refractivity contribution in [3.05, 3.63) is 17.5 Å². The number of alkyl halides is 1. The molecule has 0 saturated heterocycles. The Morgan fingerprint density at radius 1 is 1.56 bits per heavy atom. The van der Waals surface area contributed by atoms with Gasteiger partial charge >= 0.3 is 5.97 Å². The first-order valence-corrected chi connectivity index (χ1v) is 6.09. The monoisotopic (exact) mass is 283 g/mol. The molecule has 1 atom stereocenters. The lowest BCUT2D eigenvalue weighted by Gasteiger charge is -2.17. The van der Waals surface area contributed by atoms with Gasteiger partial charge in [0.1, 0.15) is 0 Å². The Morgan fingerprint density at radius 3 is 2.94 bits per heavy atom. The van der Waals surface area contributed by atoms with Crippen LogP contribution in [-0.2, 0) is 4.79 Å². The number of carbonyl (C=O) groups is 1. The molecule has 6 heteroatoms. The van der Waals surface area contributed by atoms with Crippen molar-refractivity contribution in [2.75, 3.05) is 6.54 Å². The number of aliphatic carboxylic acids is 1. The summed E-state index contributed by atoms with van der Waals surface area (Å²) in [6, 6.07) is 0.456. The Balaban J connectivity index is 2.12. The summed E-state index contributed by atoms with van der Waals surface area (Å²) in [6.45, 7) is 0.465. The van der Waals surface area contributed by atoms with Crippen LogP contribution in [-0.4, -0.2) is 33.1 Å². The molecule has 1 aliphatic carbocycles. The highest BCUT2D eigenvalue weighted by Gasteiger charge is 2.34. The van der Waals surface area contributed by atoms with E-state index in [9.17, 15) is 4.79 Å². The third-order valence-corrected chi connectivity index (χ3v) is 3.61. The minimum atomic E-state index is -0.976. The van der Waals surface area contributed by atoms with Crippen LogP contribution in [0.5, 0.6) is 0 Å². The average molecular weight is 284 g/mol. The van der Waals surface area contributed by atoms with E-state index in [1.54, 1.807) is 6.20 Å². The molecule has 0 bridgehead atoms. The Kier molecular flexibility index (Phi) is 2.14. The van der Waals surface area contributed by atoms with Crippen molar-refractivity contribution < 1.29 is 9.90 Å². The number of aliphatic imine (C=N–C) groups is 1. The Morgan fingerprint density at radius 2 is 2.31 bits per heavy atom. The van der Waals surface area contributed by atoms with Gasteiger partial charge in [0, 0.05) is 5.56 Å². The van der Waals surface area contributed by atoms with E-state index in [0.717, 1.165) is 18.5 Å². The van der Waals surface area contributed by atoms with Crippen molar-refractivity contribution in [3.63, 3.8) is 0 Å². The second kappa shape index (κ2) is 3.41. The molecule has 1 N–H and O–H groups in total. The Labute approximate surface area is 100 Å². The number of fused-ring (bicyclic) bond motifs is 1. The molecular weight excluding hydrogens is 274 g/mol. The highest BCUT2D eigenvalue weighted by Crippen LogP contribution is 2.40. The molecule has 0 amide bonds. The summed E-state index contributed by atoms with van der Waals surface area (Å²) < 4.78 is 1.95. The number of nitrogens with zero attached hydrogens (tertiary/aromatic N) is 3. The lowest BCUT2D eigenvalue weighted by Crippen LogP contribution is -2.23. The first-order valence-electron chi connectivity index (χ1n) is 5.18. The molecule has 84 valence electrons. The van der Waals surface area contributed by atoms with Gasteiger partial charge in [0.15, 0.2) is 5.71 Å². The summed E-state index contributed by atoms with van der Waals surface area (Å²) in [4.78, 5) is 15.2. The van der Waals surface area contributed by atoms with E-state index < -0.39 is 5.97 Å². The summed E-state index contributed by atoms with van der Waals surface area (Å²) in [6.07, 6.45) is 3.88. The number of hydrogen-bond acceptors (Lipinski definition) is 3. The number of halogens is 1. The minimum Gasteiger partial charge on any atom is -0.477 e. The number of carboxylic acid groups (broad SMARTS) is 1. The van der Waals surface area contributed by atoms with Crippen LogP contribution < -0.4 is 0 Å². The zero-order valence-electron chi connectivity index (χ0n) is 8.43. The number of aromatic nitrogens is 2. The van der Waals surface area contributed by atoms with Crippen molar-refractivity contribution >= 4 is 27.6 Å². The minimum absolute atomic E-state index is 0.0775. The quantitative estimate of drug-likeness (QED) is 0.838. The van der Waals surface area contributed by atoms with Gasteiger partial charge < -0.3 is 5.11 Å². The molecule has 1 saturated carbocycles. The lowest BCUT2D eigenvalue weighted by atomic mass is 10.1. The largest absolute Gasteiger partial charge is 0.477 e.